The van der Waals surface area contributed by atoms with Crippen molar-refractivity contribution < 1.29 is 0 Å². The van der Waals surface area contributed by atoms with Gasteiger partial charge in [0.15, 0.2) is 0 Å². The van der Waals surface area contributed by atoms with Crippen molar-refractivity contribution in [2.24, 2.45) is 4.99 Å². The van der Waals surface area contributed by atoms with Crippen LogP contribution in [0.1, 0.15) is 33.1 Å². The summed E-state index contributed by atoms with van der Waals surface area (Å²) < 4.78 is 0. The van der Waals surface area contributed by atoms with E-state index in [1.165, 1.54) is 17.7 Å². The molecule has 0 aromatic carbocycles. The van der Waals surface area contributed by atoms with Gasteiger partial charge in [0.05, 0.1) is 0 Å². The van der Waals surface area contributed by atoms with Crippen molar-refractivity contribution in [2.75, 3.05) is 14.1 Å². The van der Waals surface area contributed by atoms with Crippen LogP contribution in [-0.2, 0) is 0 Å². The molecule has 0 fully saturated rings. The highest BCUT2D eigenvalue weighted by Gasteiger charge is 1.99. The minimum atomic E-state index is 1.05. The molecule has 0 spiro atoms. The number of nitrogens with one attached hydrogen (secondary N) is 1. The van der Waals surface area contributed by atoms with Crippen molar-refractivity contribution in [3.8, 4) is 0 Å². The summed E-state index contributed by atoms with van der Waals surface area (Å²) in [6.45, 7) is 4.34. The Morgan fingerprint density at radius 3 is 2.42 bits per heavy atom. The van der Waals surface area contributed by atoms with Gasteiger partial charge in [-0.3, -0.25) is 4.99 Å². The maximum Gasteiger partial charge on any atom is 0.0277 e. The van der Waals surface area contributed by atoms with Gasteiger partial charge in [0.1, 0.15) is 0 Å². The Morgan fingerprint density at radius 1 is 1.42 bits per heavy atom. The average molecular weight is 168 g/mol. The van der Waals surface area contributed by atoms with Gasteiger partial charge in [0.2, 0.25) is 0 Å². The lowest BCUT2D eigenvalue weighted by atomic mass is 10.1. The van der Waals surface area contributed by atoms with E-state index in [0.29, 0.717) is 0 Å². The molecule has 0 bridgehead atoms. The standard InChI is InChI=1S/C10H20N2/c1-5-7-9(8-11-3)10(6-2)12-4/h8,12H,5-7H2,1-4H3/b10-9-,11-8?. The first-order chi connectivity index (χ1) is 5.79. The molecule has 0 rings (SSSR count). The smallest absolute Gasteiger partial charge is 0.0277 e. The SMILES string of the molecule is CCC/C(C=NC)=C(\CC)NC. The van der Waals surface area contributed by atoms with Crippen LogP contribution in [0, 0.1) is 0 Å². The molecular formula is C10H20N2. The van der Waals surface area contributed by atoms with Crippen LogP contribution in [0.3, 0.4) is 0 Å². The van der Waals surface area contributed by atoms with Crippen LogP contribution >= 0.6 is 0 Å². The lowest BCUT2D eigenvalue weighted by Crippen LogP contribution is -2.09. The maximum atomic E-state index is 4.05. The van der Waals surface area contributed by atoms with Gasteiger partial charge >= 0.3 is 0 Å². The average Bonchev–Trinajstić information content (AvgIpc) is 2.07. The number of hydrogen-bond donors (Lipinski definition) is 1. The van der Waals surface area contributed by atoms with Crippen LogP contribution in [0.2, 0.25) is 0 Å². The first kappa shape index (κ1) is 11.2. The van der Waals surface area contributed by atoms with Gasteiger partial charge in [-0.25, -0.2) is 0 Å². The Hall–Kier alpha value is -0.790. The van der Waals surface area contributed by atoms with E-state index in [9.17, 15) is 0 Å². The fraction of sp³-hybridized carbons (Fsp3) is 0.700. The van der Waals surface area contributed by atoms with Gasteiger partial charge < -0.3 is 5.32 Å². The molecule has 12 heavy (non-hydrogen) atoms. The molecule has 1 N–H and O–H groups in total. The summed E-state index contributed by atoms with van der Waals surface area (Å²) >= 11 is 0. The maximum absolute atomic E-state index is 4.05. The van der Waals surface area contributed by atoms with E-state index in [-0.39, 0.29) is 0 Å². The molecule has 0 aromatic heterocycles. The summed E-state index contributed by atoms with van der Waals surface area (Å²) in [6, 6.07) is 0. The second-order valence-electron chi connectivity index (χ2n) is 2.74. The Bertz CT molecular complexity index is 163. The normalized spacial score (nSPS) is 13.3. The fourth-order valence-electron chi connectivity index (χ4n) is 1.28. The molecule has 0 saturated heterocycles. The van der Waals surface area contributed by atoms with Crippen LogP contribution in [0.15, 0.2) is 16.3 Å². The van der Waals surface area contributed by atoms with Crippen molar-refractivity contribution in [1.82, 2.24) is 5.32 Å². The molecule has 0 amide bonds. The zero-order valence-corrected chi connectivity index (χ0v) is 8.65. The van der Waals surface area contributed by atoms with Crippen LogP contribution in [0.5, 0.6) is 0 Å². The van der Waals surface area contributed by atoms with Gasteiger partial charge in [-0.2, -0.15) is 0 Å². The third-order valence-corrected chi connectivity index (χ3v) is 1.85. The van der Waals surface area contributed by atoms with Crippen LogP contribution < -0.4 is 5.32 Å². The van der Waals surface area contributed by atoms with Gasteiger partial charge in [0.25, 0.3) is 0 Å². The Morgan fingerprint density at radius 2 is 2.08 bits per heavy atom. The van der Waals surface area contributed by atoms with Gasteiger partial charge in [-0.05, 0) is 18.4 Å². The lowest BCUT2D eigenvalue weighted by Gasteiger charge is -2.08. The zero-order valence-electron chi connectivity index (χ0n) is 8.65. The van der Waals surface area contributed by atoms with Gasteiger partial charge in [-0.1, -0.05) is 20.3 Å². The van der Waals surface area contributed by atoms with E-state index in [1.807, 2.05) is 20.3 Å². The Labute approximate surface area is 75.8 Å². The largest absolute Gasteiger partial charge is 0.391 e. The highest BCUT2D eigenvalue weighted by Crippen LogP contribution is 2.09. The van der Waals surface area contributed by atoms with Gasteiger partial charge in [-0.15, -0.1) is 0 Å². The quantitative estimate of drug-likeness (QED) is 0.626. The second kappa shape index (κ2) is 6.89. The highest BCUT2D eigenvalue weighted by atomic mass is 14.8. The summed E-state index contributed by atoms with van der Waals surface area (Å²) in [5, 5.41) is 3.21. The Balaban J connectivity index is 4.50. The third-order valence-electron chi connectivity index (χ3n) is 1.85. The number of allylic oxidation sites excluding steroid dienone is 2. The summed E-state index contributed by atoms with van der Waals surface area (Å²) in [7, 11) is 3.79. The van der Waals surface area contributed by atoms with Crippen molar-refractivity contribution in [1.29, 1.82) is 0 Å². The molecule has 0 atom stereocenters. The summed E-state index contributed by atoms with van der Waals surface area (Å²) in [4.78, 5) is 4.05. The molecule has 0 heterocycles. The van der Waals surface area contributed by atoms with E-state index >= 15 is 0 Å². The number of nitrogens with zero attached hydrogens (tertiary/aromatic N) is 1. The molecule has 0 aromatic rings. The van der Waals surface area contributed by atoms with Crippen molar-refractivity contribution in [2.45, 2.75) is 33.1 Å². The molecule has 0 aliphatic carbocycles. The van der Waals surface area contributed by atoms with Crippen LogP contribution in [0.4, 0.5) is 0 Å². The Kier molecular flexibility index (Phi) is 6.44. The molecule has 0 unspecified atom stereocenters. The van der Waals surface area contributed by atoms with E-state index in [1.54, 1.807) is 0 Å². The van der Waals surface area contributed by atoms with E-state index in [2.05, 4.69) is 24.2 Å². The van der Waals surface area contributed by atoms with E-state index < -0.39 is 0 Å². The zero-order chi connectivity index (χ0) is 9.40. The first-order valence-corrected chi connectivity index (χ1v) is 4.62. The van der Waals surface area contributed by atoms with Crippen molar-refractivity contribution >= 4 is 6.21 Å². The molecular weight excluding hydrogens is 148 g/mol. The molecule has 0 aliphatic heterocycles. The lowest BCUT2D eigenvalue weighted by molar-refractivity contribution is 0.842. The number of hydrogen-bond acceptors (Lipinski definition) is 2. The van der Waals surface area contributed by atoms with E-state index in [0.717, 1.165) is 12.8 Å². The van der Waals surface area contributed by atoms with Crippen LogP contribution in [0.25, 0.3) is 0 Å². The minimum absolute atomic E-state index is 1.05. The molecule has 0 saturated carbocycles. The topological polar surface area (TPSA) is 24.4 Å². The fourth-order valence-corrected chi connectivity index (χ4v) is 1.28. The molecule has 0 aliphatic rings. The first-order valence-electron chi connectivity index (χ1n) is 4.62. The summed E-state index contributed by atoms with van der Waals surface area (Å²) in [6.07, 6.45) is 5.30. The number of aliphatic imine (C=N–C) groups is 1. The summed E-state index contributed by atoms with van der Waals surface area (Å²) in [5.74, 6) is 0. The summed E-state index contributed by atoms with van der Waals surface area (Å²) in [5.41, 5.74) is 2.65. The predicted molar refractivity (Wildman–Crippen MR) is 55.7 cm³/mol. The molecule has 2 heteroatoms. The van der Waals surface area contributed by atoms with Gasteiger partial charge in [0, 0.05) is 26.0 Å². The second-order valence-corrected chi connectivity index (χ2v) is 2.74. The third kappa shape index (κ3) is 3.56. The minimum Gasteiger partial charge on any atom is -0.391 e. The molecule has 70 valence electrons. The molecule has 0 radical (unpaired) electrons. The van der Waals surface area contributed by atoms with Crippen molar-refractivity contribution in [3.05, 3.63) is 11.3 Å². The predicted octanol–water partition coefficient (Wildman–Crippen LogP) is 2.37. The number of rotatable bonds is 5. The highest BCUT2D eigenvalue weighted by molar-refractivity contribution is 5.79. The van der Waals surface area contributed by atoms with Crippen molar-refractivity contribution in [3.63, 3.8) is 0 Å². The van der Waals surface area contributed by atoms with E-state index in [4.69, 9.17) is 0 Å². The molecule has 2 nitrogen and oxygen atoms in total. The monoisotopic (exact) mass is 168 g/mol. The van der Waals surface area contributed by atoms with Crippen LogP contribution in [-0.4, -0.2) is 20.3 Å².